The Hall–Kier alpha value is -2.08. The average Bonchev–Trinajstić information content (AvgIpc) is 2.46. The van der Waals surface area contributed by atoms with Crippen molar-refractivity contribution in [3.05, 3.63) is 48.0 Å². The number of carboxylic acid groups (broad SMARTS) is 1. The summed E-state index contributed by atoms with van der Waals surface area (Å²) in [6, 6.07) is 11.0. The molecular formula is C15H12F2O3S. The van der Waals surface area contributed by atoms with Gasteiger partial charge < -0.3 is 9.84 Å². The largest absolute Gasteiger partial charge is 0.496 e. The summed E-state index contributed by atoms with van der Waals surface area (Å²) in [7, 11) is 1.49. The molecule has 6 heteroatoms. The van der Waals surface area contributed by atoms with Crippen LogP contribution in [0.5, 0.6) is 5.75 Å². The summed E-state index contributed by atoms with van der Waals surface area (Å²) in [6.07, 6.45) is 0. The van der Waals surface area contributed by atoms with E-state index in [1.54, 1.807) is 30.3 Å². The van der Waals surface area contributed by atoms with Crippen LogP contribution in [0.4, 0.5) is 8.78 Å². The number of alkyl halides is 2. The minimum Gasteiger partial charge on any atom is -0.496 e. The van der Waals surface area contributed by atoms with Crippen LogP contribution in [0.2, 0.25) is 0 Å². The summed E-state index contributed by atoms with van der Waals surface area (Å²) in [5, 5.41) is 9.04. The quantitative estimate of drug-likeness (QED) is 0.833. The van der Waals surface area contributed by atoms with Gasteiger partial charge in [0.25, 0.3) is 5.76 Å². The molecule has 3 nitrogen and oxygen atoms in total. The fraction of sp³-hybridized carbons (Fsp3) is 0.133. The lowest BCUT2D eigenvalue weighted by molar-refractivity contribution is 0.0697. The fourth-order valence-electron chi connectivity index (χ4n) is 1.88. The van der Waals surface area contributed by atoms with Crippen LogP contribution < -0.4 is 4.74 Å². The predicted molar refractivity (Wildman–Crippen MR) is 77.3 cm³/mol. The molecule has 0 amide bonds. The highest BCUT2D eigenvalue weighted by Crippen LogP contribution is 2.33. The van der Waals surface area contributed by atoms with Crippen LogP contribution in [0, 0.1) is 0 Å². The summed E-state index contributed by atoms with van der Waals surface area (Å²) in [6.45, 7) is 0. The van der Waals surface area contributed by atoms with E-state index in [-0.39, 0.29) is 5.56 Å². The Morgan fingerprint density at radius 1 is 1.19 bits per heavy atom. The Morgan fingerprint density at radius 3 is 2.38 bits per heavy atom. The van der Waals surface area contributed by atoms with Gasteiger partial charge in [0.2, 0.25) is 0 Å². The number of ether oxygens (including phenoxy) is 1. The molecule has 2 aromatic carbocycles. The van der Waals surface area contributed by atoms with E-state index < -0.39 is 11.7 Å². The maximum atomic E-state index is 12.3. The Bertz CT molecular complexity index is 642. The molecular weight excluding hydrogens is 298 g/mol. The molecule has 0 saturated carbocycles. The van der Waals surface area contributed by atoms with Crippen molar-refractivity contribution in [3.63, 3.8) is 0 Å². The summed E-state index contributed by atoms with van der Waals surface area (Å²) < 4.78 is 29.8. The van der Waals surface area contributed by atoms with E-state index in [4.69, 9.17) is 9.84 Å². The number of benzene rings is 2. The second kappa shape index (κ2) is 6.58. The van der Waals surface area contributed by atoms with Gasteiger partial charge in [0.15, 0.2) is 0 Å². The number of carbonyl (C=O) groups is 1. The highest BCUT2D eigenvalue weighted by molar-refractivity contribution is 7.99. The Morgan fingerprint density at radius 2 is 1.86 bits per heavy atom. The first kappa shape index (κ1) is 15.3. The number of halogens is 2. The molecule has 0 bridgehead atoms. The number of hydrogen-bond acceptors (Lipinski definition) is 3. The van der Waals surface area contributed by atoms with Crippen LogP contribution in [0.3, 0.4) is 0 Å². The Labute approximate surface area is 124 Å². The zero-order valence-corrected chi connectivity index (χ0v) is 11.9. The maximum Gasteiger partial charge on any atom is 0.335 e. The molecule has 1 N–H and O–H groups in total. The van der Waals surface area contributed by atoms with Crippen molar-refractivity contribution >= 4 is 17.7 Å². The fourth-order valence-corrected chi connectivity index (χ4v) is 2.38. The zero-order chi connectivity index (χ0) is 15.4. The third-order valence-electron chi connectivity index (χ3n) is 2.84. The van der Waals surface area contributed by atoms with Crippen molar-refractivity contribution in [1.29, 1.82) is 0 Å². The van der Waals surface area contributed by atoms with Gasteiger partial charge in [-0.1, -0.05) is 23.9 Å². The van der Waals surface area contributed by atoms with Crippen molar-refractivity contribution in [3.8, 4) is 16.9 Å². The van der Waals surface area contributed by atoms with E-state index in [0.29, 0.717) is 33.5 Å². The van der Waals surface area contributed by atoms with Gasteiger partial charge in [0.1, 0.15) is 5.75 Å². The van der Waals surface area contributed by atoms with Crippen LogP contribution in [-0.4, -0.2) is 23.9 Å². The molecule has 2 aromatic rings. The molecule has 0 spiro atoms. The second-order valence-electron chi connectivity index (χ2n) is 4.12. The topological polar surface area (TPSA) is 46.5 Å². The number of methoxy groups -OCH3 is 1. The zero-order valence-electron chi connectivity index (χ0n) is 11.0. The molecule has 0 heterocycles. The van der Waals surface area contributed by atoms with Gasteiger partial charge in [-0.15, -0.1) is 0 Å². The number of rotatable bonds is 5. The predicted octanol–water partition coefficient (Wildman–Crippen LogP) is 4.38. The van der Waals surface area contributed by atoms with Gasteiger partial charge >= 0.3 is 5.97 Å². The number of hydrogen-bond donors (Lipinski definition) is 1. The SMILES string of the molecule is COc1ccc(C(=O)O)cc1-c1ccc(SC(F)F)cc1. The van der Waals surface area contributed by atoms with Crippen LogP contribution in [-0.2, 0) is 0 Å². The minimum absolute atomic E-state index is 0.136. The lowest BCUT2D eigenvalue weighted by Crippen LogP contribution is -1.98. The first-order valence-corrected chi connectivity index (χ1v) is 6.86. The molecule has 0 saturated heterocycles. The molecule has 0 unspecified atom stereocenters. The second-order valence-corrected chi connectivity index (χ2v) is 5.19. The first-order chi connectivity index (χ1) is 10.0. The van der Waals surface area contributed by atoms with Gasteiger partial charge in [-0.2, -0.15) is 8.78 Å². The van der Waals surface area contributed by atoms with Gasteiger partial charge in [0, 0.05) is 10.5 Å². The monoisotopic (exact) mass is 310 g/mol. The van der Waals surface area contributed by atoms with E-state index in [1.807, 2.05) is 0 Å². The normalized spacial score (nSPS) is 10.7. The molecule has 0 aromatic heterocycles. The lowest BCUT2D eigenvalue weighted by Gasteiger charge is -2.10. The summed E-state index contributed by atoms with van der Waals surface area (Å²) in [5.41, 5.74) is 1.44. The molecule has 0 aliphatic rings. The van der Waals surface area contributed by atoms with Crippen LogP contribution >= 0.6 is 11.8 Å². The maximum absolute atomic E-state index is 12.3. The average molecular weight is 310 g/mol. The van der Waals surface area contributed by atoms with Gasteiger partial charge in [0.05, 0.1) is 12.7 Å². The van der Waals surface area contributed by atoms with Crippen molar-refractivity contribution in [2.45, 2.75) is 10.7 Å². The smallest absolute Gasteiger partial charge is 0.335 e. The molecule has 0 radical (unpaired) electrons. The van der Waals surface area contributed by atoms with E-state index in [1.165, 1.54) is 19.2 Å². The van der Waals surface area contributed by atoms with Gasteiger partial charge in [-0.05, 0) is 35.9 Å². The highest BCUT2D eigenvalue weighted by Gasteiger charge is 2.11. The van der Waals surface area contributed by atoms with Crippen molar-refractivity contribution in [2.24, 2.45) is 0 Å². The third kappa shape index (κ3) is 3.72. The molecule has 2 rings (SSSR count). The van der Waals surface area contributed by atoms with Crippen molar-refractivity contribution < 1.29 is 23.4 Å². The van der Waals surface area contributed by atoms with Crippen LogP contribution in [0.15, 0.2) is 47.4 Å². The van der Waals surface area contributed by atoms with Gasteiger partial charge in [-0.25, -0.2) is 4.79 Å². The molecule has 0 atom stereocenters. The van der Waals surface area contributed by atoms with Crippen molar-refractivity contribution in [1.82, 2.24) is 0 Å². The van der Waals surface area contributed by atoms with E-state index >= 15 is 0 Å². The van der Waals surface area contributed by atoms with Crippen LogP contribution in [0.1, 0.15) is 10.4 Å². The first-order valence-electron chi connectivity index (χ1n) is 5.98. The van der Waals surface area contributed by atoms with E-state index in [2.05, 4.69) is 0 Å². The summed E-state index contributed by atoms with van der Waals surface area (Å²) >= 11 is 0.462. The molecule has 110 valence electrons. The summed E-state index contributed by atoms with van der Waals surface area (Å²) in [4.78, 5) is 11.5. The van der Waals surface area contributed by atoms with Crippen molar-refractivity contribution in [2.75, 3.05) is 7.11 Å². The Kier molecular flexibility index (Phi) is 4.80. The van der Waals surface area contributed by atoms with Gasteiger partial charge in [-0.3, -0.25) is 0 Å². The third-order valence-corrected chi connectivity index (χ3v) is 3.56. The standard InChI is InChI=1S/C15H12F2O3S/c1-20-13-7-4-10(14(18)19)8-12(13)9-2-5-11(6-3-9)21-15(16)17/h2-8,15H,1H3,(H,18,19). The minimum atomic E-state index is -2.47. The lowest BCUT2D eigenvalue weighted by atomic mass is 10.0. The number of carboxylic acids is 1. The highest BCUT2D eigenvalue weighted by atomic mass is 32.2. The van der Waals surface area contributed by atoms with Crippen LogP contribution in [0.25, 0.3) is 11.1 Å². The molecule has 0 aliphatic carbocycles. The molecule has 21 heavy (non-hydrogen) atoms. The molecule has 0 aliphatic heterocycles. The Balaban J connectivity index is 2.40. The van der Waals surface area contributed by atoms with E-state index in [9.17, 15) is 13.6 Å². The number of aromatic carboxylic acids is 1. The number of thioether (sulfide) groups is 1. The van der Waals surface area contributed by atoms with E-state index in [0.717, 1.165) is 0 Å². The molecule has 0 fully saturated rings. The summed E-state index contributed by atoms with van der Waals surface area (Å²) in [5.74, 6) is -2.99.